The second-order valence-electron chi connectivity index (χ2n) is 5.82. The van der Waals surface area contributed by atoms with E-state index in [4.69, 9.17) is 4.74 Å². The van der Waals surface area contributed by atoms with Crippen molar-refractivity contribution in [1.29, 1.82) is 0 Å². The minimum absolute atomic E-state index is 0.819. The molecular weight excluding hydrogens is 220 g/mol. The first-order valence-corrected chi connectivity index (χ1v) is 7.16. The van der Waals surface area contributed by atoms with Crippen LogP contribution in [0.2, 0.25) is 0 Å². The highest BCUT2D eigenvalue weighted by atomic mass is 16.5. The summed E-state index contributed by atoms with van der Waals surface area (Å²) in [4.78, 5) is 0. The Morgan fingerprint density at radius 1 is 1.28 bits per heavy atom. The van der Waals surface area contributed by atoms with Gasteiger partial charge in [0.15, 0.2) is 0 Å². The van der Waals surface area contributed by atoms with E-state index < -0.39 is 0 Å². The molecule has 0 amide bonds. The molecule has 0 aliphatic heterocycles. The first-order chi connectivity index (χ1) is 8.74. The monoisotopic (exact) mass is 242 g/mol. The average molecular weight is 242 g/mol. The lowest BCUT2D eigenvalue weighted by Crippen LogP contribution is -2.02. The number of benzene rings is 1. The van der Waals surface area contributed by atoms with E-state index in [1.807, 2.05) is 0 Å². The number of ether oxygens (including phenoxy) is 1. The summed E-state index contributed by atoms with van der Waals surface area (Å²) >= 11 is 0. The number of aryl methyl sites for hydroxylation is 1. The van der Waals surface area contributed by atoms with Crippen LogP contribution in [-0.2, 0) is 0 Å². The van der Waals surface area contributed by atoms with Gasteiger partial charge in [0.1, 0.15) is 5.75 Å². The SMILES string of the molecule is CC(=C1CCC1)c1ccc(C)c(OCC2CC2)c1. The molecule has 1 aromatic rings. The molecule has 2 fully saturated rings. The van der Waals surface area contributed by atoms with Crippen LogP contribution in [0.15, 0.2) is 23.8 Å². The summed E-state index contributed by atoms with van der Waals surface area (Å²) in [6.07, 6.45) is 6.64. The van der Waals surface area contributed by atoms with Gasteiger partial charge in [0.25, 0.3) is 0 Å². The fourth-order valence-electron chi connectivity index (χ4n) is 2.41. The van der Waals surface area contributed by atoms with Crippen LogP contribution in [0, 0.1) is 12.8 Å². The van der Waals surface area contributed by atoms with Crippen molar-refractivity contribution in [2.75, 3.05) is 6.61 Å². The molecule has 3 rings (SSSR count). The van der Waals surface area contributed by atoms with Gasteiger partial charge in [0.05, 0.1) is 6.61 Å². The van der Waals surface area contributed by atoms with Crippen LogP contribution in [0.25, 0.3) is 5.57 Å². The van der Waals surface area contributed by atoms with Crippen LogP contribution in [0.1, 0.15) is 50.2 Å². The maximum atomic E-state index is 5.96. The largest absolute Gasteiger partial charge is 0.493 e. The van der Waals surface area contributed by atoms with Crippen LogP contribution in [0.3, 0.4) is 0 Å². The fourth-order valence-corrected chi connectivity index (χ4v) is 2.41. The van der Waals surface area contributed by atoms with Crippen LogP contribution in [0.4, 0.5) is 0 Å². The number of allylic oxidation sites excluding steroid dienone is 2. The first kappa shape index (κ1) is 11.8. The summed E-state index contributed by atoms with van der Waals surface area (Å²) in [5.41, 5.74) is 5.71. The zero-order chi connectivity index (χ0) is 12.5. The Morgan fingerprint density at radius 3 is 2.67 bits per heavy atom. The molecule has 2 saturated carbocycles. The van der Waals surface area contributed by atoms with Crippen molar-refractivity contribution in [3.05, 3.63) is 34.9 Å². The molecule has 0 N–H and O–H groups in total. The van der Waals surface area contributed by atoms with Gasteiger partial charge >= 0.3 is 0 Å². The van der Waals surface area contributed by atoms with E-state index in [1.165, 1.54) is 48.8 Å². The lowest BCUT2D eigenvalue weighted by atomic mass is 9.86. The van der Waals surface area contributed by atoms with Crippen molar-refractivity contribution in [3.8, 4) is 5.75 Å². The zero-order valence-electron chi connectivity index (χ0n) is 11.5. The van der Waals surface area contributed by atoms with Gasteiger partial charge in [-0.3, -0.25) is 0 Å². The summed E-state index contributed by atoms with van der Waals surface area (Å²) in [5.74, 6) is 1.90. The van der Waals surface area contributed by atoms with Crippen molar-refractivity contribution in [3.63, 3.8) is 0 Å². The maximum absolute atomic E-state index is 5.96. The Hall–Kier alpha value is -1.24. The standard InChI is InChI=1S/C17H22O/c1-12-6-9-16(13(2)15-4-3-5-15)10-17(12)18-11-14-7-8-14/h6,9-10,14H,3-5,7-8,11H2,1-2H3. The molecule has 2 aliphatic rings. The maximum Gasteiger partial charge on any atom is 0.122 e. The van der Waals surface area contributed by atoms with E-state index in [2.05, 4.69) is 32.0 Å². The quantitative estimate of drug-likeness (QED) is 0.741. The zero-order valence-corrected chi connectivity index (χ0v) is 11.5. The molecule has 1 aromatic carbocycles. The van der Waals surface area contributed by atoms with E-state index in [0.717, 1.165) is 18.3 Å². The highest BCUT2D eigenvalue weighted by molar-refractivity contribution is 5.69. The smallest absolute Gasteiger partial charge is 0.122 e. The van der Waals surface area contributed by atoms with E-state index >= 15 is 0 Å². The molecule has 0 atom stereocenters. The molecule has 18 heavy (non-hydrogen) atoms. The summed E-state index contributed by atoms with van der Waals surface area (Å²) in [7, 11) is 0. The second-order valence-corrected chi connectivity index (χ2v) is 5.82. The lowest BCUT2D eigenvalue weighted by Gasteiger charge is -2.21. The molecule has 2 aliphatic carbocycles. The van der Waals surface area contributed by atoms with Gasteiger partial charge in [-0.2, -0.15) is 0 Å². The molecule has 0 aromatic heterocycles. The third-order valence-corrected chi connectivity index (χ3v) is 4.28. The third kappa shape index (κ3) is 2.45. The van der Waals surface area contributed by atoms with Crippen molar-refractivity contribution in [2.24, 2.45) is 5.92 Å². The Morgan fingerprint density at radius 2 is 2.06 bits per heavy atom. The van der Waals surface area contributed by atoms with Crippen LogP contribution in [-0.4, -0.2) is 6.61 Å². The van der Waals surface area contributed by atoms with Gasteiger partial charge in [-0.25, -0.2) is 0 Å². The summed E-state index contributed by atoms with van der Waals surface area (Å²) in [6.45, 7) is 5.29. The summed E-state index contributed by atoms with van der Waals surface area (Å²) in [6, 6.07) is 6.67. The number of hydrogen-bond acceptors (Lipinski definition) is 1. The minimum atomic E-state index is 0.819. The molecule has 0 saturated heterocycles. The topological polar surface area (TPSA) is 9.23 Å². The fraction of sp³-hybridized carbons (Fsp3) is 0.529. The number of hydrogen-bond donors (Lipinski definition) is 0. The van der Waals surface area contributed by atoms with Crippen molar-refractivity contribution < 1.29 is 4.74 Å². The van der Waals surface area contributed by atoms with Crippen molar-refractivity contribution in [1.82, 2.24) is 0 Å². The molecule has 0 bridgehead atoms. The van der Waals surface area contributed by atoms with Gasteiger partial charge in [0, 0.05) is 0 Å². The van der Waals surface area contributed by atoms with Gasteiger partial charge in [-0.1, -0.05) is 17.7 Å². The first-order valence-electron chi connectivity index (χ1n) is 7.16. The molecule has 0 spiro atoms. The van der Waals surface area contributed by atoms with Crippen molar-refractivity contribution in [2.45, 2.75) is 46.0 Å². The Kier molecular flexibility index (Phi) is 3.15. The Bertz CT molecular complexity index is 474. The van der Waals surface area contributed by atoms with Crippen LogP contribution >= 0.6 is 0 Å². The molecule has 1 heteroatoms. The van der Waals surface area contributed by atoms with Gasteiger partial charge in [-0.15, -0.1) is 0 Å². The molecule has 0 unspecified atom stereocenters. The van der Waals surface area contributed by atoms with E-state index in [-0.39, 0.29) is 0 Å². The number of rotatable bonds is 4. The van der Waals surface area contributed by atoms with E-state index in [1.54, 1.807) is 5.57 Å². The second kappa shape index (κ2) is 4.79. The van der Waals surface area contributed by atoms with Gasteiger partial charge in [0.2, 0.25) is 0 Å². The predicted molar refractivity (Wildman–Crippen MR) is 75.8 cm³/mol. The Labute approximate surface area is 110 Å². The van der Waals surface area contributed by atoms with Gasteiger partial charge < -0.3 is 4.74 Å². The lowest BCUT2D eigenvalue weighted by molar-refractivity contribution is 0.298. The van der Waals surface area contributed by atoms with Crippen LogP contribution < -0.4 is 4.74 Å². The summed E-state index contributed by atoms with van der Waals surface area (Å²) in [5, 5.41) is 0. The minimum Gasteiger partial charge on any atom is -0.493 e. The molecule has 96 valence electrons. The van der Waals surface area contributed by atoms with Crippen LogP contribution in [0.5, 0.6) is 5.75 Å². The van der Waals surface area contributed by atoms with E-state index in [0.29, 0.717) is 0 Å². The molecule has 1 nitrogen and oxygen atoms in total. The van der Waals surface area contributed by atoms with Gasteiger partial charge in [-0.05, 0) is 74.6 Å². The Balaban J connectivity index is 1.80. The molecule has 0 heterocycles. The highest BCUT2D eigenvalue weighted by Crippen LogP contribution is 2.35. The summed E-state index contributed by atoms with van der Waals surface area (Å²) < 4.78 is 5.96. The van der Waals surface area contributed by atoms with E-state index in [9.17, 15) is 0 Å². The third-order valence-electron chi connectivity index (χ3n) is 4.28. The average Bonchev–Trinajstić information content (AvgIpc) is 3.09. The predicted octanol–water partition coefficient (Wildman–Crippen LogP) is 4.74. The highest BCUT2D eigenvalue weighted by Gasteiger charge is 2.22. The van der Waals surface area contributed by atoms with Crippen molar-refractivity contribution >= 4 is 5.57 Å². The molecular formula is C17H22O. The molecule has 0 radical (unpaired) electrons. The normalized spacial score (nSPS) is 18.4.